The first kappa shape index (κ1) is 15.5. The molecule has 0 spiro atoms. The summed E-state index contributed by atoms with van der Waals surface area (Å²) in [7, 11) is -3.29. The highest BCUT2D eigenvalue weighted by Crippen LogP contribution is 2.03. The number of anilines is 1. The van der Waals surface area contributed by atoms with Crippen LogP contribution < -0.4 is 15.8 Å². The monoisotopic (exact) mass is 284 g/mol. The Labute approximate surface area is 114 Å². The Balaban J connectivity index is 2.45. The fourth-order valence-electron chi connectivity index (χ4n) is 1.41. The van der Waals surface area contributed by atoms with Crippen molar-refractivity contribution in [3.8, 4) is 0 Å². The number of nitrogens with zero attached hydrogens (tertiary/aromatic N) is 1. The van der Waals surface area contributed by atoms with Crippen molar-refractivity contribution < 1.29 is 8.42 Å². The van der Waals surface area contributed by atoms with E-state index in [9.17, 15) is 8.42 Å². The van der Waals surface area contributed by atoms with Crippen LogP contribution >= 0.6 is 0 Å². The van der Waals surface area contributed by atoms with E-state index in [0.717, 1.165) is 5.69 Å². The van der Waals surface area contributed by atoms with Gasteiger partial charge in [-0.3, -0.25) is 4.99 Å². The van der Waals surface area contributed by atoms with E-state index < -0.39 is 10.0 Å². The Morgan fingerprint density at radius 2 is 1.95 bits per heavy atom. The first-order valence-electron chi connectivity index (χ1n) is 6.01. The second kappa shape index (κ2) is 7.10. The molecule has 6 nitrogen and oxygen atoms in total. The van der Waals surface area contributed by atoms with Crippen molar-refractivity contribution in [3.05, 3.63) is 30.3 Å². The van der Waals surface area contributed by atoms with Gasteiger partial charge in [-0.25, -0.2) is 13.1 Å². The molecule has 0 aliphatic heterocycles. The molecule has 4 N–H and O–H groups in total. The van der Waals surface area contributed by atoms with E-state index in [1.54, 1.807) is 13.8 Å². The van der Waals surface area contributed by atoms with E-state index in [1.165, 1.54) is 0 Å². The summed E-state index contributed by atoms with van der Waals surface area (Å²) in [5, 5.41) is 2.88. The fraction of sp³-hybridized carbons (Fsp3) is 0.417. The number of hydrogen-bond donors (Lipinski definition) is 3. The fourth-order valence-corrected chi connectivity index (χ4v) is 2.58. The number of nitrogens with two attached hydrogens (primary N) is 1. The molecule has 0 amide bonds. The third-order valence-corrected chi connectivity index (χ3v) is 3.65. The Bertz CT molecular complexity index is 512. The molecular weight excluding hydrogens is 264 g/mol. The third-order valence-electron chi connectivity index (χ3n) is 2.10. The second-order valence-corrected chi connectivity index (χ2v) is 6.22. The Kier molecular flexibility index (Phi) is 5.78. The van der Waals surface area contributed by atoms with Gasteiger partial charge < -0.3 is 11.1 Å². The first-order chi connectivity index (χ1) is 8.89. The summed E-state index contributed by atoms with van der Waals surface area (Å²) < 4.78 is 25.6. The van der Waals surface area contributed by atoms with Gasteiger partial charge in [0.15, 0.2) is 5.96 Å². The number of para-hydroxylation sites is 1. The highest BCUT2D eigenvalue weighted by Gasteiger charge is 2.10. The Hall–Kier alpha value is -1.60. The summed E-state index contributed by atoms with van der Waals surface area (Å²) in [5.74, 6) is 0.119. The summed E-state index contributed by atoms with van der Waals surface area (Å²) in [6.07, 6.45) is 0. The minimum Gasteiger partial charge on any atom is -0.370 e. The van der Waals surface area contributed by atoms with Crippen molar-refractivity contribution in [3.63, 3.8) is 0 Å². The molecule has 0 aliphatic carbocycles. The van der Waals surface area contributed by atoms with Gasteiger partial charge in [-0.1, -0.05) is 18.2 Å². The zero-order valence-corrected chi connectivity index (χ0v) is 11.9. The maximum atomic E-state index is 11.5. The van der Waals surface area contributed by atoms with E-state index in [0.29, 0.717) is 0 Å². The van der Waals surface area contributed by atoms with E-state index in [1.807, 2.05) is 30.3 Å². The van der Waals surface area contributed by atoms with Crippen LogP contribution in [0.5, 0.6) is 0 Å². The van der Waals surface area contributed by atoms with Gasteiger partial charge in [0.05, 0.1) is 12.3 Å². The van der Waals surface area contributed by atoms with Crippen LogP contribution in [-0.4, -0.2) is 32.7 Å². The highest BCUT2D eigenvalue weighted by atomic mass is 32.2. The van der Waals surface area contributed by atoms with Crippen molar-refractivity contribution in [1.82, 2.24) is 4.72 Å². The van der Waals surface area contributed by atoms with Crippen molar-refractivity contribution in [2.45, 2.75) is 19.9 Å². The second-order valence-electron chi connectivity index (χ2n) is 4.35. The molecule has 0 heterocycles. The maximum Gasteiger partial charge on any atom is 0.213 e. The van der Waals surface area contributed by atoms with Crippen LogP contribution in [0.4, 0.5) is 5.69 Å². The molecule has 19 heavy (non-hydrogen) atoms. The predicted octanol–water partition coefficient (Wildman–Crippen LogP) is 0.741. The molecule has 1 aromatic rings. The van der Waals surface area contributed by atoms with Crippen LogP contribution in [0.25, 0.3) is 0 Å². The number of rotatable bonds is 6. The number of guanidine groups is 1. The zero-order valence-electron chi connectivity index (χ0n) is 11.1. The SMILES string of the molecule is CC(C)NS(=O)(=O)CCN=C(N)Nc1ccccc1. The van der Waals surface area contributed by atoms with Gasteiger partial charge in [-0.15, -0.1) is 0 Å². The molecule has 106 valence electrons. The minimum absolute atomic E-state index is 0.0810. The van der Waals surface area contributed by atoms with E-state index >= 15 is 0 Å². The zero-order chi connectivity index (χ0) is 14.3. The molecule has 7 heteroatoms. The largest absolute Gasteiger partial charge is 0.370 e. The molecular formula is C12H20N4O2S. The molecule has 0 saturated heterocycles. The summed E-state index contributed by atoms with van der Waals surface area (Å²) in [6, 6.07) is 9.20. The van der Waals surface area contributed by atoms with Gasteiger partial charge in [0, 0.05) is 11.7 Å². The predicted molar refractivity (Wildman–Crippen MR) is 78.6 cm³/mol. The lowest BCUT2D eigenvalue weighted by atomic mass is 10.3. The van der Waals surface area contributed by atoms with Gasteiger partial charge in [0.2, 0.25) is 10.0 Å². The molecule has 1 aromatic carbocycles. The number of hydrogen-bond acceptors (Lipinski definition) is 3. The van der Waals surface area contributed by atoms with Gasteiger partial charge in [0.25, 0.3) is 0 Å². The number of aliphatic imine (C=N–C) groups is 1. The lowest BCUT2D eigenvalue weighted by Gasteiger charge is -2.08. The number of benzene rings is 1. The van der Waals surface area contributed by atoms with Crippen LogP contribution in [0, 0.1) is 0 Å². The molecule has 0 aliphatic rings. The number of nitrogens with one attached hydrogen (secondary N) is 2. The third kappa shape index (κ3) is 6.78. The molecule has 0 fully saturated rings. The lowest BCUT2D eigenvalue weighted by molar-refractivity contribution is 0.570. The number of sulfonamides is 1. The summed E-state index contributed by atoms with van der Waals surface area (Å²) in [5.41, 5.74) is 6.47. The van der Waals surface area contributed by atoms with E-state index in [4.69, 9.17) is 5.73 Å². The van der Waals surface area contributed by atoms with Crippen molar-refractivity contribution in [1.29, 1.82) is 0 Å². The first-order valence-corrected chi connectivity index (χ1v) is 7.66. The van der Waals surface area contributed by atoms with Crippen molar-refractivity contribution in [2.24, 2.45) is 10.7 Å². The highest BCUT2D eigenvalue weighted by molar-refractivity contribution is 7.89. The minimum atomic E-state index is -3.29. The average molecular weight is 284 g/mol. The van der Waals surface area contributed by atoms with E-state index in [-0.39, 0.29) is 24.3 Å². The van der Waals surface area contributed by atoms with Crippen LogP contribution in [0.2, 0.25) is 0 Å². The standard InChI is InChI=1S/C12H20N4O2S/c1-10(2)16-19(17,18)9-8-14-12(13)15-11-6-4-3-5-7-11/h3-7,10,16H,8-9H2,1-2H3,(H3,13,14,15). The van der Waals surface area contributed by atoms with Crippen LogP contribution in [-0.2, 0) is 10.0 Å². The topological polar surface area (TPSA) is 96.6 Å². The normalized spacial score (nSPS) is 12.7. The molecule has 0 bridgehead atoms. The van der Waals surface area contributed by atoms with Crippen LogP contribution in [0.3, 0.4) is 0 Å². The Morgan fingerprint density at radius 3 is 2.53 bits per heavy atom. The molecule has 0 atom stereocenters. The van der Waals surface area contributed by atoms with Crippen LogP contribution in [0.1, 0.15) is 13.8 Å². The maximum absolute atomic E-state index is 11.5. The molecule has 0 saturated carbocycles. The van der Waals surface area contributed by atoms with Crippen LogP contribution in [0.15, 0.2) is 35.3 Å². The van der Waals surface area contributed by atoms with Gasteiger partial charge in [0.1, 0.15) is 0 Å². The molecule has 0 radical (unpaired) electrons. The molecule has 1 rings (SSSR count). The van der Waals surface area contributed by atoms with Crippen molar-refractivity contribution in [2.75, 3.05) is 17.6 Å². The van der Waals surface area contributed by atoms with Crippen molar-refractivity contribution >= 4 is 21.7 Å². The summed E-state index contributed by atoms with van der Waals surface area (Å²) in [4.78, 5) is 3.98. The summed E-state index contributed by atoms with van der Waals surface area (Å²) >= 11 is 0. The molecule has 0 unspecified atom stereocenters. The van der Waals surface area contributed by atoms with Gasteiger partial charge >= 0.3 is 0 Å². The van der Waals surface area contributed by atoms with E-state index in [2.05, 4.69) is 15.0 Å². The van der Waals surface area contributed by atoms with Gasteiger partial charge in [-0.05, 0) is 26.0 Å². The summed E-state index contributed by atoms with van der Waals surface area (Å²) in [6.45, 7) is 3.66. The smallest absolute Gasteiger partial charge is 0.213 e. The average Bonchev–Trinajstić information content (AvgIpc) is 2.28. The Morgan fingerprint density at radius 1 is 1.32 bits per heavy atom. The molecule has 0 aromatic heterocycles. The lowest BCUT2D eigenvalue weighted by Crippen LogP contribution is -2.33. The quantitative estimate of drug-likeness (QED) is 0.530. The van der Waals surface area contributed by atoms with Gasteiger partial charge in [-0.2, -0.15) is 0 Å².